The zero-order valence-electron chi connectivity index (χ0n) is 10.5. The summed E-state index contributed by atoms with van der Waals surface area (Å²) in [6.07, 6.45) is -0.292. The number of sulfonamides is 1. The van der Waals surface area contributed by atoms with Gasteiger partial charge in [0.15, 0.2) is 33.1 Å². The van der Waals surface area contributed by atoms with Gasteiger partial charge in [-0.05, 0) is 6.42 Å². The summed E-state index contributed by atoms with van der Waals surface area (Å²) in [4.78, 5) is 0. The third kappa shape index (κ3) is 3.01. The average Bonchev–Trinajstić information content (AvgIpc) is 2.80. The number of rotatable bonds is 3. The van der Waals surface area contributed by atoms with Gasteiger partial charge in [-0.3, -0.25) is 4.72 Å². The first kappa shape index (κ1) is 17.3. The second-order valence-electron chi connectivity index (χ2n) is 4.62. The highest BCUT2D eigenvalue weighted by atomic mass is 35.5. The zero-order chi connectivity index (χ0) is 16.9. The second-order valence-corrected chi connectivity index (χ2v) is 9.18. The number of hydrogen-bond acceptors (Lipinski definition) is 4. The normalized spacial score (nSPS) is 21.0. The van der Waals surface area contributed by atoms with E-state index in [1.54, 1.807) is 0 Å². The van der Waals surface area contributed by atoms with Gasteiger partial charge in [-0.2, -0.15) is 0 Å². The zero-order valence-corrected chi connectivity index (χ0v) is 12.9. The molecule has 0 bridgehead atoms. The summed E-state index contributed by atoms with van der Waals surface area (Å²) < 4.78 is 101. The van der Waals surface area contributed by atoms with Crippen molar-refractivity contribution in [1.29, 1.82) is 0 Å². The van der Waals surface area contributed by atoms with Crippen molar-refractivity contribution >= 4 is 37.1 Å². The number of hydrogen-bond donors (Lipinski definition) is 1. The van der Waals surface area contributed by atoms with Gasteiger partial charge in [0.2, 0.25) is 10.0 Å². The Kier molecular flexibility index (Phi) is 4.35. The SMILES string of the molecule is O=S1(=O)CC[C@@H](S(=O)(=O)Nc2c(F)c(F)c(Cl)c(F)c2F)C1. The van der Waals surface area contributed by atoms with Gasteiger partial charge in [0.05, 0.1) is 16.8 Å². The van der Waals surface area contributed by atoms with E-state index >= 15 is 0 Å². The Bertz CT molecular complexity index is 812. The van der Waals surface area contributed by atoms with E-state index in [4.69, 9.17) is 11.6 Å². The maximum Gasteiger partial charge on any atom is 0.236 e. The van der Waals surface area contributed by atoms with Crippen molar-refractivity contribution in [3.8, 4) is 0 Å². The van der Waals surface area contributed by atoms with E-state index in [1.807, 2.05) is 0 Å². The van der Waals surface area contributed by atoms with Gasteiger partial charge in [0.1, 0.15) is 10.7 Å². The molecule has 22 heavy (non-hydrogen) atoms. The van der Waals surface area contributed by atoms with Crippen molar-refractivity contribution in [2.45, 2.75) is 11.7 Å². The smallest absolute Gasteiger partial charge is 0.236 e. The summed E-state index contributed by atoms with van der Waals surface area (Å²) in [6.45, 7) is 0. The molecule has 0 radical (unpaired) electrons. The molecule has 12 heteroatoms. The third-order valence-corrected chi connectivity index (χ3v) is 7.16. The summed E-state index contributed by atoms with van der Waals surface area (Å²) >= 11 is 5.01. The van der Waals surface area contributed by atoms with Crippen LogP contribution in [0.15, 0.2) is 0 Å². The highest BCUT2D eigenvalue weighted by Gasteiger charge is 2.38. The van der Waals surface area contributed by atoms with Crippen molar-refractivity contribution in [3.05, 3.63) is 28.3 Å². The second kappa shape index (κ2) is 5.53. The lowest BCUT2D eigenvalue weighted by Gasteiger charge is -2.14. The van der Waals surface area contributed by atoms with Crippen LogP contribution in [0.5, 0.6) is 0 Å². The first-order valence-electron chi connectivity index (χ1n) is 5.70. The molecule has 1 aliphatic heterocycles. The molecule has 0 spiro atoms. The van der Waals surface area contributed by atoms with Gasteiger partial charge in [-0.15, -0.1) is 0 Å². The average molecular weight is 382 g/mol. The lowest BCUT2D eigenvalue weighted by atomic mass is 10.2. The van der Waals surface area contributed by atoms with Crippen molar-refractivity contribution in [2.75, 3.05) is 16.2 Å². The van der Waals surface area contributed by atoms with Crippen molar-refractivity contribution < 1.29 is 34.4 Å². The van der Waals surface area contributed by atoms with Crippen LogP contribution in [0.4, 0.5) is 23.2 Å². The maximum absolute atomic E-state index is 13.6. The largest absolute Gasteiger partial charge is 0.277 e. The van der Waals surface area contributed by atoms with Crippen LogP contribution in [0, 0.1) is 23.3 Å². The Hall–Kier alpha value is -1.07. The molecule has 0 amide bonds. The summed E-state index contributed by atoms with van der Waals surface area (Å²) in [5.41, 5.74) is -1.58. The van der Waals surface area contributed by atoms with E-state index in [1.165, 1.54) is 4.72 Å². The fourth-order valence-corrected chi connectivity index (χ4v) is 6.18. The third-order valence-electron chi connectivity index (χ3n) is 3.08. The number of anilines is 1. The molecule has 0 aliphatic carbocycles. The molecule has 1 atom stereocenters. The standard InChI is InChI=1S/C10H8ClF4NO4S2/c11-5-6(12)8(14)10(9(15)7(5)13)16-22(19,20)4-1-2-21(17,18)3-4/h4,16H,1-3H2/t4-/m1/s1. The molecule has 0 aromatic heterocycles. The Morgan fingerprint density at radius 2 is 1.55 bits per heavy atom. The maximum atomic E-state index is 13.6. The molecule has 1 aromatic carbocycles. The summed E-state index contributed by atoms with van der Waals surface area (Å²) in [6, 6.07) is 0. The van der Waals surface area contributed by atoms with E-state index in [9.17, 15) is 34.4 Å². The fourth-order valence-electron chi connectivity index (χ4n) is 1.93. The molecule has 2 rings (SSSR count). The van der Waals surface area contributed by atoms with Crippen LogP contribution >= 0.6 is 11.6 Å². The molecule has 5 nitrogen and oxygen atoms in total. The van der Waals surface area contributed by atoms with E-state index in [0.29, 0.717) is 0 Å². The van der Waals surface area contributed by atoms with Crippen molar-refractivity contribution in [2.24, 2.45) is 0 Å². The van der Waals surface area contributed by atoms with Crippen molar-refractivity contribution in [3.63, 3.8) is 0 Å². The number of halogens is 5. The Morgan fingerprint density at radius 1 is 1.05 bits per heavy atom. The first-order chi connectivity index (χ1) is 9.96. The van der Waals surface area contributed by atoms with Gasteiger partial charge in [0, 0.05) is 0 Å². The highest BCUT2D eigenvalue weighted by Crippen LogP contribution is 2.32. The van der Waals surface area contributed by atoms with Gasteiger partial charge in [-0.25, -0.2) is 34.4 Å². The van der Waals surface area contributed by atoms with Crippen LogP contribution in [-0.2, 0) is 19.9 Å². The minimum Gasteiger partial charge on any atom is -0.277 e. The minimum absolute atomic E-state index is 0.292. The van der Waals surface area contributed by atoms with Crippen LogP contribution in [0.3, 0.4) is 0 Å². The van der Waals surface area contributed by atoms with Gasteiger partial charge in [-0.1, -0.05) is 11.6 Å². The molecular formula is C10H8ClF4NO4S2. The van der Waals surface area contributed by atoms with Crippen LogP contribution in [0.2, 0.25) is 5.02 Å². The Balaban J connectivity index is 2.43. The topological polar surface area (TPSA) is 80.3 Å². The van der Waals surface area contributed by atoms with E-state index < -0.39 is 70.6 Å². The molecule has 124 valence electrons. The van der Waals surface area contributed by atoms with Crippen LogP contribution in [0.25, 0.3) is 0 Å². The van der Waals surface area contributed by atoms with E-state index in [0.717, 1.165) is 0 Å². The molecule has 1 aliphatic rings. The lowest BCUT2D eigenvalue weighted by molar-refractivity contribution is 0.460. The molecule has 1 aromatic rings. The lowest BCUT2D eigenvalue weighted by Crippen LogP contribution is -2.30. The monoisotopic (exact) mass is 381 g/mol. The molecule has 1 fully saturated rings. The quantitative estimate of drug-likeness (QED) is 0.492. The summed E-state index contributed by atoms with van der Waals surface area (Å²) in [5.74, 6) is -9.12. The predicted octanol–water partition coefficient (Wildman–Crippen LogP) is 1.83. The van der Waals surface area contributed by atoms with Crippen LogP contribution < -0.4 is 4.72 Å². The first-order valence-corrected chi connectivity index (χ1v) is 9.44. The molecule has 1 heterocycles. The molecule has 1 N–H and O–H groups in total. The Labute approximate surface area is 128 Å². The minimum atomic E-state index is -4.56. The molecule has 0 unspecified atom stereocenters. The summed E-state index contributed by atoms with van der Waals surface area (Å²) in [7, 11) is -8.15. The van der Waals surface area contributed by atoms with Gasteiger partial charge >= 0.3 is 0 Å². The number of nitrogens with one attached hydrogen (secondary N) is 1. The Morgan fingerprint density at radius 3 is 1.95 bits per heavy atom. The predicted molar refractivity (Wildman–Crippen MR) is 70.9 cm³/mol. The van der Waals surface area contributed by atoms with E-state index in [2.05, 4.69) is 0 Å². The van der Waals surface area contributed by atoms with E-state index in [-0.39, 0.29) is 6.42 Å². The van der Waals surface area contributed by atoms with Gasteiger partial charge in [0.25, 0.3) is 0 Å². The number of benzene rings is 1. The van der Waals surface area contributed by atoms with Crippen LogP contribution in [0.1, 0.15) is 6.42 Å². The van der Waals surface area contributed by atoms with Gasteiger partial charge < -0.3 is 0 Å². The fraction of sp³-hybridized carbons (Fsp3) is 0.400. The van der Waals surface area contributed by atoms with Crippen molar-refractivity contribution in [1.82, 2.24) is 0 Å². The van der Waals surface area contributed by atoms with Crippen LogP contribution in [-0.4, -0.2) is 33.6 Å². The highest BCUT2D eigenvalue weighted by molar-refractivity contribution is 7.97. The molecular weight excluding hydrogens is 374 g/mol. The molecule has 0 saturated carbocycles. The molecule has 1 saturated heterocycles. The summed E-state index contributed by atoms with van der Waals surface area (Å²) in [5, 5.41) is -2.93. The number of sulfone groups is 1.